The second-order valence-corrected chi connectivity index (χ2v) is 4.43. The quantitative estimate of drug-likeness (QED) is 0.770. The predicted octanol–water partition coefficient (Wildman–Crippen LogP) is 1.62. The minimum atomic E-state index is -0.941. The fourth-order valence-electron chi connectivity index (χ4n) is 1.17. The smallest absolute Gasteiger partial charge is 0.335 e. The Labute approximate surface area is 102 Å². The Balaban J connectivity index is 2.72. The van der Waals surface area contributed by atoms with Gasteiger partial charge in [0.25, 0.3) is 0 Å². The van der Waals surface area contributed by atoms with Crippen molar-refractivity contribution in [3.05, 3.63) is 33.8 Å². The Morgan fingerprint density at radius 2 is 2.25 bits per heavy atom. The molecule has 0 aromatic heterocycles. The molecule has 0 saturated carbocycles. The van der Waals surface area contributed by atoms with Crippen molar-refractivity contribution in [3.63, 3.8) is 0 Å². The highest BCUT2D eigenvalue weighted by atomic mass is 79.9. The fourth-order valence-corrected chi connectivity index (χ4v) is 1.69. The van der Waals surface area contributed by atoms with E-state index in [1.54, 1.807) is 18.2 Å². The number of carboxylic acids is 1. The summed E-state index contributed by atoms with van der Waals surface area (Å²) in [6, 6.07) is 4.91. The first-order valence-electron chi connectivity index (χ1n) is 4.90. The molecule has 0 amide bonds. The Morgan fingerprint density at radius 3 is 2.75 bits per heavy atom. The number of halogens is 1. The molecular weight excluding hydrogens is 274 g/mol. The van der Waals surface area contributed by atoms with Gasteiger partial charge in [0.2, 0.25) is 0 Å². The van der Waals surface area contributed by atoms with Crippen LogP contribution in [0.2, 0.25) is 0 Å². The summed E-state index contributed by atoms with van der Waals surface area (Å²) in [5.41, 5.74) is 1.22. The summed E-state index contributed by atoms with van der Waals surface area (Å²) in [5.74, 6) is -0.941. The summed E-state index contributed by atoms with van der Waals surface area (Å²) in [7, 11) is 0. The molecule has 0 unspecified atom stereocenters. The van der Waals surface area contributed by atoms with Gasteiger partial charge in [0, 0.05) is 17.1 Å². The number of nitrogens with one attached hydrogen (secondary N) is 1. The van der Waals surface area contributed by atoms with E-state index >= 15 is 0 Å². The van der Waals surface area contributed by atoms with Crippen LogP contribution in [0.25, 0.3) is 0 Å². The zero-order valence-electron chi connectivity index (χ0n) is 8.90. The number of carbonyl (C=O) groups is 1. The molecule has 3 N–H and O–H groups in total. The highest BCUT2D eigenvalue weighted by molar-refractivity contribution is 9.10. The van der Waals surface area contributed by atoms with Gasteiger partial charge in [-0.3, -0.25) is 0 Å². The lowest BCUT2D eigenvalue weighted by atomic mass is 10.1. The van der Waals surface area contributed by atoms with Gasteiger partial charge >= 0.3 is 5.97 Å². The summed E-state index contributed by atoms with van der Waals surface area (Å²) >= 11 is 3.32. The second kappa shape index (κ2) is 5.98. The van der Waals surface area contributed by atoms with Gasteiger partial charge in [0.1, 0.15) is 0 Å². The maximum absolute atomic E-state index is 10.7. The largest absolute Gasteiger partial charge is 0.478 e. The van der Waals surface area contributed by atoms with E-state index in [-0.39, 0.29) is 18.2 Å². The first kappa shape index (κ1) is 13.2. The average molecular weight is 288 g/mol. The van der Waals surface area contributed by atoms with Gasteiger partial charge in [0.05, 0.1) is 12.2 Å². The maximum Gasteiger partial charge on any atom is 0.335 e. The van der Waals surface area contributed by atoms with Crippen molar-refractivity contribution in [3.8, 4) is 0 Å². The molecule has 0 aliphatic rings. The van der Waals surface area contributed by atoms with E-state index < -0.39 is 5.97 Å². The molecule has 0 saturated heterocycles. The van der Waals surface area contributed by atoms with Crippen LogP contribution in [0.4, 0.5) is 0 Å². The van der Waals surface area contributed by atoms with Crippen LogP contribution in [0.5, 0.6) is 0 Å². The minimum Gasteiger partial charge on any atom is -0.478 e. The Bertz CT molecular complexity index is 381. The lowest BCUT2D eigenvalue weighted by Crippen LogP contribution is -2.28. The molecular formula is C11H14BrNO3. The van der Waals surface area contributed by atoms with E-state index in [2.05, 4.69) is 21.2 Å². The first-order valence-corrected chi connectivity index (χ1v) is 5.70. The fraction of sp³-hybridized carbons (Fsp3) is 0.364. The third kappa shape index (κ3) is 3.59. The first-order chi connectivity index (χ1) is 7.54. The molecule has 1 rings (SSSR count). The standard InChI is InChI=1S/C11H14BrNO3/c1-7(6-14)13-5-9-3-2-8(11(15)16)4-10(9)12/h2-4,7,13-14H,5-6H2,1H3,(H,15,16)/t7-/m1/s1. The SMILES string of the molecule is C[C@H](CO)NCc1ccc(C(=O)O)cc1Br. The van der Waals surface area contributed by atoms with Crippen LogP contribution in [0.1, 0.15) is 22.8 Å². The number of benzene rings is 1. The topological polar surface area (TPSA) is 69.6 Å². The van der Waals surface area contributed by atoms with E-state index in [1.165, 1.54) is 0 Å². The summed E-state index contributed by atoms with van der Waals surface area (Å²) in [5, 5.41) is 20.7. The van der Waals surface area contributed by atoms with Crippen LogP contribution < -0.4 is 5.32 Å². The molecule has 0 spiro atoms. The highest BCUT2D eigenvalue weighted by Gasteiger charge is 2.07. The molecule has 1 atom stereocenters. The highest BCUT2D eigenvalue weighted by Crippen LogP contribution is 2.18. The van der Waals surface area contributed by atoms with Crippen molar-refractivity contribution < 1.29 is 15.0 Å². The van der Waals surface area contributed by atoms with Crippen molar-refractivity contribution >= 4 is 21.9 Å². The van der Waals surface area contributed by atoms with E-state index in [0.717, 1.165) is 10.0 Å². The Kier molecular flexibility index (Phi) is 4.92. The molecule has 0 heterocycles. The Morgan fingerprint density at radius 1 is 1.56 bits per heavy atom. The van der Waals surface area contributed by atoms with Crippen molar-refractivity contribution in [2.75, 3.05) is 6.61 Å². The van der Waals surface area contributed by atoms with Crippen LogP contribution in [0, 0.1) is 0 Å². The monoisotopic (exact) mass is 287 g/mol. The van der Waals surface area contributed by atoms with Gasteiger partial charge in [-0.2, -0.15) is 0 Å². The molecule has 0 aliphatic carbocycles. The maximum atomic E-state index is 10.7. The summed E-state index contributed by atoms with van der Waals surface area (Å²) in [4.78, 5) is 10.7. The van der Waals surface area contributed by atoms with E-state index in [0.29, 0.717) is 6.54 Å². The van der Waals surface area contributed by atoms with Crippen LogP contribution >= 0.6 is 15.9 Å². The molecule has 0 bridgehead atoms. The zero-order chi connectivity index (χ0) is 12.1. The van der Waals surface area contributed by atoms with Gasteiger partial charge in [0.15, 0.2) is 0 Å². The average Bonchev–Trinajstić information content (AvgIpc) is 2.26. The number of hydrogen-bond donors (Lipinski definition) is 3. The van der Waals surface area contributed by atoms with Crippen molar-refractivity contribution in [1.29, 1.82) is 0 Å². The lowest BCUT2D eigenvalue weighted by Gasteiger charge is -2.12. The molecule has 1 aromatic carbocycles. The third-order valence-corrected chi connectivity index (χ3v) is 2.95. The summed E-state index contributed by atoms with van der Waals surface area (Å²) in [6.45, 7) is 2.53. The van der Waals surface area contributed by atoms with Crippen LogP contribution in [0.15, 0.2) is 22.7 Å². The van der Waals surface area contributed by atoms with Crippen molar-refractivity contribution in [2.45, 2.75) is 19.5 Å². The normalized spacial score (nSPS) is 12.4. The van der Waals surface area contributed by atoms with Gasteiger partial charge in [-0.25, -0.2) is 4.79 Å². The number of aromatic carboxylic acids is 1. The predicted molar refractivity (Wildman–Crippen MR) is 64.5 cm³/mol. The lowest BCUT2D eigenvalue weighted by molar-refractivity contribution is 0.0697. The van der Waals surface area contributed by atoms with Crippen LogP contribution in [-0.2, 0) is 6.54 Å². The number of carboxylic acid groups (broad SMARTS) is 1. The van der Waals surface area contributed by atoms with Gasteiger partial charge < -0.3 is 15.5 Å². The van der Waals surface area contributed by atoms with E-state index in [4.69, 9.17) is 10.2 Å². The summed E-state index contributed by atoms with van der Waals surface area (Å²) < 4.78 is 0.755. The molecule has 1 aromatic rings. The Hall–Kier alpha value is -0.910. The third-order valence-electron chi connectivity index (χ3n) is 2.21. The molecule has 88 valence electrons. The molecule has 5 heteroatoms. The molecule has 4 nitrogen and oxygen atoms in total. The van der Waals surface area contributed by atoms with Gasteiger partial charge in [-0.15, -0.1) is 0 Å². The number of rotatable bonds is 5. The molecule has 16 heavy (non-hydrogen) atoms. The van der Waals surface area contributed by atoms with Crippen molar-refractivity contribution in [2.24, 2.45) is 0 Å². The van der Waals surface area contributed by atoms with Crippen LogP contribution in [0.3, 0.4) is 0 Å². The van der Waals surface area contributed by atoms with E-state index in [1.807, 2.05) is 6.92 Å². The van der Waals surface area contributed by atoms with E-state index in [9.17, 15) is 4.79 Å². The van der Waals surface area contributed by atoms with Gasteiger partial charge in [-0.05, 0) is 24.6 Å². The molecule has 0 fully saturated rings. The number of aliphatic hydroxyl groups excluding tert-OH is 1. The van der Waals surface area contributed by atoms with Gasteiger partial charge in [-0.1, -0.05) is 22.0 Å². The number of hydrogen-bond acceptors (Lipinski definition) is 3. The number of aliphatic hydroxyl groups is 1. The minimum absolute atomic E-state index is 0.0195. The van der Waals surface area contributed by atoms with Crippen LogP contribution in [-0.4, -0.2) is 28.8 Å². The summed E-state index contributed by atoms with van der Waals surface area (Å²) in [6.07, 6.45) is 0. The van der Waals surface area contributed by atoms with Crippen molar-refractivity contribution in [1.82, 2.24) is 5.32 Å². The molecule has 0 aliphatic heterocycles. The molecule has 0 radical (unpaired) electrons. The zero-order valence-corrected chi connectivity index (χ0v) is 10.5. The second-order valence-electron chi connectivity index (χ2n) is 3.58.